The van der Waals surface area contributed by atoms with Crippen LogP contribution < -0.4 is 0 Å². The number of phenolic OH excluding ortho intramolecular Hbond substituents is 1. The van der Waals surface area contributed by atoms with Crippen LogP contribution in [0.3, 0.4) is 0 Å². The van der Waals surface area contributed by atoms with E-state index in [0.717, 1.165) is 39.2 Å². The zero-order valence-corrected chi connectivity index (χ0v) is 26.7. The van der Waals surface area contributed by atoms with E-state index in [1.807, 2.05) is 12.1 Å². The van der Waals surface area contributed by atoms with Crippen molar-refractivity contribution >= 4 is 52.3 Å². The Kier molecular flexibility index (Phi) is 11.1. The summed E-state index contributed by atoms with van der Waals surface area (Å²) in [6.45, 7) is 19.0. The Morgan fingerprint density at radius 2 is 0.972 bits per heavy atom. The molecule has 0 saturated heterocycles. The second kappa shape index (κ2) is 13.2. The van der Waals surface area contributed by atoms with Crippen molar-refractivity contribution < 1.29 is 16.0 Å². The van der Waals surface area contributed by atoms with Crippen LogP contribution in [0.25, 0.3) is 0 Å². The number of rotatable bonds is 4. The number of phenols is 1. The van der Waals surface area contributed by atoms with Gasteiger partial charge in [0.2, 0.25) is 0 Å². The van der Waals surface area contributed by atoms with Crippen LogP contribution in [0.5, 0.6) is 5.75 Å². The summed E-state index contributed by atoms with van der Waals surface area (Å²) in [5.41, 5.74) is 11.3. The van der Waals surface area contributed by atoms with Crippen molar-refractivity contribution in [2.75, 3.05) is 0 Å². The summed E-state index contributed by atoms with van der Waals surface area (Å²) >= 11 is 6.00. The molecule has 3 aromatic rings. The van der Waals surface area contributed by atoms with Crippen LogP contribution in [0.1, 0.15) is 70.8 Å². The Balaban J connectivity index is 0.00000145. The van der Waals surface area contributed by atoms with Crippen LogP contribution in [-0.2, 0) is 16.3 Å². The van der Waals surface area contributed by atoms with Crippen LogP contribution in [0, 0.1) is 41.5 Å². The Hall–Kier alpha value is -1.75. The third kappa shape index (κ3) is 8.13. The third-order valence-corrected chi connectivity index (χ3v) is 5.97. The number of aromatic hydroxyl groups is 1. The summed E-state index contributed by atoms with van der Waals surface area (Å²) in [7, 11) is 1.25. The molecular weight excluding hydrogens is 623 g/mol. The topological polar surface area (TPSA) is 45.0 Å². The summed E-state index contributed by atoms with van der Waals surface area (Å²) < 4.78 is 0. The molecule has 0 aliphatic carbocycles. The second-order valence-electron chi connectivity index (χ2n) is 10.3. The molecule has 0 spiro atoms. The predicted octanol–water partition coefficient (Wildman–Crippen LogP) is 9.73. The van der Waals surface area contributed by atoms with E-state index in [0.29, 0.717) is 11.1 Å². The predicted molar refractivity (Wildman–Crippen MR) is 160 cm³/mol. The van der Waals surface area contributed by atoms with E-state index in [1.54, 1.807) is 12.4 Å². The molecule has 0 amide bonds. The molecule has 0 radical (unpaired) electrons. The van der Waals surface area contributed by atoms with Gasteiger partial charge in [0.25, 0.3) is 0 Å². The van der Waals surface area contributed by atoms with Gasteiger partial charge in [-0.1, -0.05) is 56.2 Å². The minimum atomic E-state index is -0.0791. The number of nitrogens with zero attached hydrogens (tertiary/aromatic N) is 2. The van der Waals surface area contributed by atoms with Gasteiger partial charge in [-0.25, -0.2) is 0 Å². The van der Waals surface area contributed by atoms with E-state index < -0.39 is 0 Å². The van der Waals surface area contributed by atoms with Crippen molar-refractivity contribution in [3.05, 3.63) is 86.5 Å². The first-order valence-electron chi connectivity index (χ1n) is 11.7. The van der Waals surface area contributed by atoms with Crippen molar-refractivity contribution in [1.29, 1.82) is 0 Å². The molecule has 0 unspecified atom stereocenters. The molecule has 3 rings (SSSR count). The fourth-order valence-electron chi connectivity index (χ4n) is 4.33. The summed E-state index contributed by atoms with van der Waals surface area (Å²) in [5, 5.41) is 11.1. The number of hydrogen-bond acceptors (Lipinski definition) is 3. The number of halogens is 2. The molecule has 0 aliphatic rings. The number of aryl methyl sites for hydroxylation is 6. The van der Waals surface area contributed by atoms with Gasteiger partial charge in [0.15, 0.2) is 0 Å². The first-order valence-corrected chi connectivity index (χ1v) is 16.6. The van der Waals surface area contributed by atoms with Crippen molar-refractivity contribution in [1.82, 2.24) is 0 Å². The van der Waals surface area contributed by atoms with Crippen molar-refractivity contribution in [3.63, 3.8) is 0 Å². The quantitative estimate of drug-likeness (QED) is 0.220. The zero-order valence-electron chi connectivity index (χ0n) is 22.5. The van der Waals surface area contributed by atoms with Gasteiger partial charge in [-0.3, -0.25) is 9.98 Å². The van der Waals surface area contributed by atoms with E-state index in [9.17, 15) is 5.11 Å². The first kappa shape index (κ1) is 30.5. The van der Waals surface area contributed by atoms with Gasteiger partial charge >= 0.3 is 39.3 Å². The molecule has 1 N–H and O–H groups in total. The van der Waals surface area contributed by atoms with Crippen molar-refractivity contribution in [2.45, 2.75) is 67.7 Å². The fraction of sp³-hybridized carbons (Fsp3) is 0.333. The van der Waals surface area contributed by atoms with E-state index in [-0.39, 0.29) is 11.2 Å². The SMILES string of the molecule is Cc1cc(C)c(N=Cc2cc(C(C)(C)C)cc(C=Nc3c(C)cc(C)cc3C)c2O)c(C)c1.[Br][Ni][Br]. The summed E-state index contributed by atoms with van der Waals surface area (Å²) in [4.78, 5) is 9.54. The average Bonchev–Trinajstić information content (AvgIpc) is 2.73. The standard InChI is InChI=1S/C30H36N2O.2BrH.Ni/c1-18-10-20(3)27(21(4)11-18)31-16-24-14-26(30(7,8)9)15-25(29(24)33)17-32-28-22(5)12-19(2)13-23(28)6;;;/h10-17,33H,1-9H3;2*1H;/q;;;+2/p-2. The van der Waals surface area contributed by atoms with Crippen LogP contribution in [0.4, 0.5) is 11.4 Å². The molecule has 0 atom stereocenters. The molecule has 196 valence electrons. The first-order chi connectivity index (χ1) is 16.8. The molecule has 6 heteroatoms. The summed E-state index contributed by atoms with van der Waals surface area (Å²) in [5.74, 6) is 0.195. The van der Waals surface area contributed by atoms with E-state index in [1.165, 1.54) is 22.0 Å². The minimum absolute atomic E-state index is 0.0791. The molecule has 0 aliphatic heterocycles. The van der Waals surface area contributed by atoms with Crippen molar-refractivity contribution in [3.8, 4) is 5.75 Å². The Labute approximate surface area is 236 Å². The van der Waals surface area contributed by atoms with Gasteiger partial charge < -0.3 is 5.11 Å². The number of benzene rings is 3. The van der Waals surface area contributed by atoms with Crippen LogP contribution in [-0.4, -0.2) is 17.5 Å². The molecule has 0 aromatic heterocycles. The Morgan fingerprint density at radius 1 is 0.667 bits per heavy atom. The van der Waals surface area contributed by atoms with Gasteiger partial charge in [0, 0.05) is 23.6 Å². The van der Waals surface area contributed by atoms with Gasteiger partial charge in [-0.2, -0.15) is 0 Å². The summed E-state index contributed by atoms with van der Waals surface area (Å²) in [6, 6.07) is 12.6. The monoisotopic (exact) mass is 656 g/mol. The molecule has 0 fully saturated rings. The third-order valence-electron chi connectivity index (χ3n) is 5.97. The van der Waals surface area contributed by atoms with Gasteiger partial charge in [0.05, 0.1) is 11.4 Å². The molecule has 0 saturated carbocycles. The average molecular weight is 659 g/mol. The van der Waals surface area contributed by atoms with Crippen LogP contribution in [0.2, 0.25) is 0 Å². The second-order valence-corrected chi connectivity index (χ2v) is 15.3. The van der Waals surface area contributed by atoms with E-state index in [2.05, 4.69) is 115 Å². The van der Waals surface area contributed by atoms with Crippen LogP contribution in [0.15, 0.2) is 46.4 Å². The Bertz CT molecular complexity index is 1160. The number of hydrogen-bond donors (Lipinski definition) is 1. The van der Waals surface area contributed by atoms with E-state index >= 15 is 0 Å². The maximum atomic E-state index is 11.1. The van der Waals surface area contributed by atoms with Gasteiger partial charge in [-0.05, 0) is 86.9 Å². The molecule has 0 bridgehead atoms. The molecular formula is C30H36Br2N2NiO. The Morgan fingerprint density at radius 3 is 1.25 bits per heavy atom. The summed E-state index contributed by atoms with van der Waals surface area (Å²) in [6.07, 6.45) is 3.55. The number of aliphatic imine (C=N–C) groups is 2. The van der Waals surface area contributed by atoms with Crippen LogP contribution >= 0.6 is 28.5 Å². The zero-order chi connectivity index (χ0) is 27.2. The van der Waals surface area contributed by atoms with Crippen molar-refractivity contribution in [2.24, 2.45) is 9.98 Å². The van der Waals surface area contributed by atoms with Gasteiger partial charge in [-0.15, -0.1) is 0 Å². The molecule has 3 aromatic carbocycles. The fourth-order valence-corrected chi connectivity index (χ4v) is 4.33. The van der Waals surface area contributed by atoms with E-state index in [4.69, 9.17) is 9.98 Å². The van der Waals surface area contributed by atoms with Gasteiger partial charge in [0.1, 0.15) is 5.75 Å². The maximum absolute atomic E-state index is 11.1. The molecule has 3 nitrogen and oxygen atoms in total. The molecule has 36 heavy (non-hydrogen) atoms. The normalized spacial score (nSPS) is 11.9. The molecule has 0 heterocycles.